The van der Waals surface area contributed by atoms with Gasteiger partial charge < -0.3 is 4.74 Å². The second-order valence-electron chi connectivity index (χ2n) is 5.02. The maximum Gasteiger partial charge on any atom is 0.259 e. The molecule has 5 nitrogen and oxygen atoms in total. The number of carbonyl (C=O) groups excluding carboxylic acids is 1. The smallest absolute Gasteiger partial charge is 0.259 e. The van der Waals surface area contributed by atoms with Gasteiger partial charge in [-0.1, -0.05) is 0 Å². The normalized spacial score (nSPS) is 10.5. The van der Waals surface area contributed by atoms with Crippen LogP contribution in [-0.2, 0) is 0 Å². The monoisotopic (exact) mass is 343 g/mol. The molecule has 1 amide bonds. The zero-order valence-electron chi connectivity index (χ0n) is 13.0. The van der Waals surface area contributed by atoms with Crippen molar-refractivity contribution in [3.8, 4) is 17.0 Å². The van der Waals surface area contributed by atoms with Gasteiger partial charge in [0.15, 0.2) is 5.13 Å². The van der Waals surface area contributed by atoms with E-state index in [1.807, 2.05) is 6.92 Å². The van der Waals surface area contributed by atoms with E-state index in [0.29, 0.717) is 27.7 Å². The summed E-state index contributed by atoms with van der Waals surface area (Å²) in [7, 11) is 1.51. The number of carbonyl (C=O) groups is 1. The minimum Gasteiger partial charge on any atom is -0.496 e. The molecule has 0 saturated carbocycles. The van der Waals surface area contributed by atoms with E-state index in [9.17, 15) is 9.18 Å². The number of rotatable bonds is 4. The van der Waals surface area contributed by atoms with Crippen LogP contribution >= 0.6 is 11.3 Å². The first-order valence-corrected chi connectivity index (χ1v) is 7.98. The van der Waals surface area contributed by atoms with Crippen LogP contribution in [0.3, 0.4) is 0 Å². The molecule has 1 N–H and O–H groups in total. The fraction of sp³-hybridized carbons (Fsp3) is 0.118. The molecular formula is C17H14FN3O2S. The van der Waals surface area contributed by atoms with Crippen LogP contribution in [0.2, 0.25) is 0 Å². The number of ether oxygens (including phenoxy) is 1. The molecule has 0 radical (unpaired) electrons. The Morgan fingerprint density at radius 2 is 2.12 bits per heavy atom. The van der Waals surface area contributed by atoms with Crippen molar-refractivity contribution < 1.29 is 13.9 Å². The number of hydrogen-bond donors (Lipinski definition) is 1. The largest absolute Gasteiger partial charge is 0.496 e. The van der Waals surface area contributed by atoms with Gasteiger partial charge in [0.2, 0.25) is 0 Å². The second-order valence-corrected chi connectivity index (χ2v) is 5.88. The Morgan fingerprint density at radius 1 is 1.29 bits per heavy atom. The number of pyridine rings is 1. The van der Waals surface area contributed by atoms with Gasteiger partial charge in [-0.2, -0.15) is 0 Å². The van der Waals surface area contributed by atoms with Crippen molar-refractivity contribution in [1.29, 1.82) is 0 Å². The van der Waals surface area contributed by atoms with E-state index in [1.165, 1.54) is 36.8 Å². The number of benzene rings is 1. The first-order chi connectivity index (χ1) is 11.6. The van der Waals surface area contributed by atoms with Crippen LogP contribution in [0.15, 0.2) is 41.9 Å². The molecule has 0 fully saturated rings. The molecule has 122 valence electrons. The third-order valence-electron chi connectivity index (χ3n) is 3.34. The standard InChI is InChI=1S/C17H14FN3O2S/c1-10-3-4-11(8-19-10)16(22)21-17-20-14(9-24-17)13-7-12(18)5-6-15(13)23-2/h3-9H,1-2H3,(H,20,21,22). The van der Waals surface area contributed by atoms with E-state index in [4.69, 9.17) is 4.74 Å². The summed E-state index contributed by atoms with van der Waals surface area (Å²) in [6.07, 6.45) is 1.51. The fourth-order valence-electron chi connectivity index (χ4n) is 2.11. The van der Waals surface area contributed by atoms with Gasteiger partial charge in [-0.05, 0) is 37.3 Å². The molecule has 7 heteroatoms. The first kappa shape index (κ1) is 16.1. The molecule has 3 aromatic rings. The number of aryl methyl sites for hydroxylation is 1. The van der Waals surface area contributed by atoms with Gasteiger partial charge in [-0.25, -0.2) is 9.37 Å². The molecule has 0 aliphatic carbocycles. The summed E-state index contributed by atoms with van der Waals surface area (Å²) >= 11 is 1.25. The molecule has 3 rings (SSSR count). The summed E-state index contributed by atoms with van der Waals surface area (Å²) in [6, 6.07) is 7.67. The Hall–Kier alpha value is -2.80. The van der Waals surface area contributed by atoms with Crippen LogP contribution in [0, 0.1) is 12.7 Å². The van der Waals surface area contributed by atoms with Crippen molar-refractivity contribution >= 4 is 22.4 Å². The summed E-state index contributed by atoms with van der Waals surface area (Å²) in [5, 5.41) is 4.87. The molecule has 2 heterocycles. The van der Waals surface area contributed by atoms with Crippen molar-refractivity contribution in [3.63, 3.8) is 0 Å². The highest BCUT2D eigenvalue weighted by Gasteiger charge is 2.13. The highest BCUT2D eigenvalue weighted by Crippen LogP contribution is 2.32. The minimum absolute atomic E-state index is 0.297. The third kappa shape index (κ3) is 3.41. The van der Waals surface area contributed by atoms with Crippen LogP contribution in [0.4, 0.5) is 9.52 Å². The van der Waals surface area contributed by atoms with Gasteiger partial charge in [-0.3, -0.25) is 15.1 Å². The van der Waals surface area contributed by atoms with Crippen LogP contribution in [0.5, 0.6) is 5.75 Å². The average Bonchev–Trinajstić information content (AvgIpc) is 3.03. The number of halogens is 1. The molecule has 1 aromatic carbocycles. The van der Waals surface area contributed by atoms with Crippen molar-refractivity contribution in [3.05, 3.63) is 59.0 Å². The summed E-state index contributed by atoms with van der Waals surface area (Å²) in [4.78, 5) is 20.6. The van der Waals surface area contributed by atoms with E-state index in [2.05, 4.69) is 15.3 Å². The lowest BCUT2D eigenvalue weighted by Crippen LogP contribution is -2.12. The molecule has 0 unspecified atom stereocenters. The van der Waals surface area contributed by atoms with E-state index in [-0.39, 0.29) is 11.7 Å². The lowest BCUT2D eigenvalue weighted by molar-refractivity contribution is 0.102. The highest BCUT2D eigenvalue weighted by atomic mass is 32.1. The van der Waals surface area contributed by atoms with Crippen LogP contribution in [0.25, 0.3) is 11.3 Å². The van der Waals surface area contributed by atoms with Gasteiger partial charge in [0.1, 0.15) is 11.6 Å². The number of thiazole rings is 1. The second kappa shape index (κ2) is 6.76. The van der Waals surface area contributed by atoms with Crippen molar-refractivity contribution in [1.82, 2.24) is 9.97 Å². The van der Waals surface area contributed by atoms with Crippen LogP contribution < -0.4 is 10.1 Å². The van der Waals surface area contributed by atoms with E-state index in [1.54, 1.807) is 23.6 Å². The van der Waals surface area contributed by atoms with E-state index >= 15 is 0 Å². The van der Waals surface area contributed by atoms with Gasteiger partial charge in [-0.15, -0.1) is 11.3 Å². The maximum absolute atomic E-state index is 13.5. The molecule has 0 spiro atoms. The van der Waals surface area contributed by atoms with Crippen LogP contribution in [-0.4, -0.2) is 23.0 Å². The predicted octanol–water partition coefficient (Wildman–Crippen LogP) is 3.91. The lowest BCUT2D eigenvalue weighted by Gasteiger charge is -2.06. The molecule has 0 bridgehead atoms. The zero-order valence-corrected chi connectivity index (χ0v) is 13.9. The van der Waals surface area contributed by atoms with E-state index < -0.39 is 0 Å². The Morgan fingerprint density at radius 3 is 2.83 bits per heavy atom. The average molecular weight is 343 g/mol. The highest BCUT2D eigenvalue weighted by molar-refractivity contribution is 7.14. The number of anilines is 1. The number of aromatic nitrogens is 2. The summed E-state index contributed by atoms with van der Waals surface area (Å²) in [6.45, 7) is 1.85. The number of hydrogen-bond acceptors (Lipinski definition) is 5. The number of nitrogens with one attached hydrogen (secondary N) is 1. The zero-order chi connectivity index (χ0) is 17.1. The molecule has 0 atom stereocenters. The Kier molecular flexibility index (Phi) is 4.52. The molecule has 0 aliphatic rings. The first-order valence-electron chi connectivity index (χ1n) is 7.10. The number of nitrogens with zero attached hydrogens (tertiary/aromatic N) is 2. The molecule has 0 saturated heterocycles. The van der Waals surface area contributed by atoms with Gasteiger partial charge >= 0.3 is 0 Å². The summed E-state index contributed by atoms with van der Waals surface area (Å²) in [5.41, 5.74) is 2.35. The topological polar surface area (TPSA) is 64.1 Å². The van der Waals surface area contributed by atoms with Crippen molar-refractivity contribution in [2.75, 3.05) is 12.4 Å². The van der Waals surface area contributed by atoms with Gasteiger partial charge in [0.25, 0.3) is 5.91 Å². The van der Waals surface area contributed by atoms with Crippen molar-refractivity contribution in [2.45, 2.75) is 6.92 Å². The van der Waals surface area contributed by atoms with Crippen LogP contribution in [0.1, 0.15) is 16.1 Å². The summed E-state index contributed by atoms with van der Waals surface area (Å²) < 4.78 is 18.7. The third-order valence-corrected chi connectivity index (χ3v) is 4.09. The maximum atomic E-state index is 13.5. The Labute approximate surface area is 142 Å². The molecule has 24 heavy (non-hydrogen) atoms. The number of methoxy groups -OCH3 is 1. The fourth-order valence-corrected chi connectivity index (χ4v) is 2.81. The molecular weight excluding hydrogens is 329 g/mol. The van der Waals surface area contributed by atoms with E-state index in [0.717, 1.165) is 5.69 Å². The molecule has 0 aliphatic heterocycles. The SMILES string of the molecule is COc1ccc(F)cc1-c1csc(NC(=O)c2ccc(C)nc2)n1. The van der Waals surface area contributed by atoms with Gasteiger partial charge in [0, 0.05) is 22.8 Å². The molecule has 2 aromatic heterocycles. The predicted molar refractivity (Wildman–Crippen MR) is 91.0 cm³/mol. The Balaban J connectivity index is 1.82. The van der Waals surface area contributed by atoms with Crippen molar-refractivity contribution in [2.24, 2.45) is 0 Å². The number of amides is 1. The van der Waals surface area contributed by atoms with Gasteiger partial charge in [0.05, 0.1) is 18.4 Å². The summed E-state index contributed by atoms with van der Waals surface area (Å²) in [5.74, 6) is -0.160. The minimum atomic E-state index is -0.380. The lowest BCUT2D eigenvalue weighted by atomic mass is 10.1. The Bertz CT molecular complexity index is 878. The quantitative estimate of drug-likeness (QED) is 0.780.